The third kappa shape index (κ3) is 3.30. The Morgan fingerprint density at radius 2 is 1.22 bits per heavy atom. The molecular weight excluding hydrogens is 355 g/mol. The fourth-order valence-corrected chi connectivity index (χ4v) is 2.99. The lowest BCUT2D eigenvalue weighted by molar-refractivity contribution is 0.345. The highest BCUT2D eigenvalue weighted by molar-refractivity contribution is 6.31. The molecule has 0 amide bonds. The average Bonchev–Trinajstić information content (AvgIpc) is 2.58. The van der Waals surface area contributed by atoms with E-state index in [4.69, 9.17) is 44.3 Å². The summed E-state index contributed by atoms with van der Waals surface area (Å²) in [5, 5.41) is 4.45. The molecule has 3 rings (SSSR count). The SMILES string of the molecule is ClCCOc1c2ccccc2c(OCCCl)c2cc(Cl)ccc12. The van der Waals surface area contributed by atoms with Crippen LogP contribution < -0.4 is 9.47 Å². The highest BCUT2D eigenvalue weighted by atomic mass is 35.5. The van der Waals surface area contributed by atoms with Crippen molar-refractivity contribution >= 4 is 56.3 Å². The van der Waals surface area contributed by atoms with E-state index in [-0.39, 0.29) is 0 Å². The van der Waals surface area contributed by atoms with Crippen molar-refractivity contribution in [2.24, 2.45) is 0 Å². The number of alkyl halides is 2. The zero-order chi connectivity index (χ0) is 16.2. The molecule has 0 heterocycles. The van der Waals surface area contributed by atoms with Gasteiger partial charge in [-0.1, -0.05) is 35.9 Å². The highest BCUT2D eigenvalue weighted by Crippen LogP contribution is 2.43. The Balaban J connectivity index is 2.35. The lowest BCUT2D eigenvalue weighted by Crippen LogP contribution is -2.03. The maximum absolute atomic E-state index is 6.19. The molecule has 0 saturated carbocycles. The molecule has 0 spiro atoms. The molecule has 0 bridgehead atoms. The summed E-state index contributed by atoms with van der Waals surface area (Å²) in [5.41, 5.74) is 0. The van der Waals surface area contributed by atoms with E-state index in [1.165, 1.54) is 0 Å². The molecule has 3 aromatic carbocycles. The van der Waals surface area contributed by atoms with Crippen molar-refractivity contribution in [3.05, 3.63) is 47.5 Å². The minimum absolute atomic E-state index is 0.418. The largest absolute Gasteiger partial charge is 0.491 e. The molecule has 0 aliphatic heterocycles. The third-order valence-electron chi connectivity index (χ3n) is 3.53. The fraction of sp³-hybridized carbons (Fsp3) is 0.222. The van der Waals surface area contributed by atoms with Crippen molar-refractivity contribution in [3.8, 4) is 11.5 Å². The van der Waals surface area contributed by atoms with Crippen LogP contribution in [-0.2, 0) is 0 Å². The normalized spacial score (nSPS) is 11.1. The van der Waals surface area contributed by atoms with E-state index in [9.17, 15) is 0 Å². The minimum atomic E-state index is 0.418. The molecular formula is C18H15Cl3O2. The molecule has 0 radical (unpaired) electrons. The van der Waals surface area contributed by atoms with Crippen LogP contribution in [0, 0.1) is 0 Å². The van der Waals surface area contributed by atoms with Crippen LogP contribution in [-0.4, -0.2) is 25.0 Å². The Hall–Kier alpha value is -1.35. The first-order valence-corrected chi connectivity index (χ1v) is 8.72. The molecule has 0 fully saturated rings. The summed E-state index contributed by atoms with van der Waals surface area (Å²) in [7, 11) is 0. The van der Waals surface area contributed by atoms with Gasteiger partial charge < -0.3 is 9.47 Å². The number of fused-ring (bicyclic) bond motifs is 2. The van der Waals surface area contributed by atoms with Crippen LogP contribution in [0.3, 0.4) is 0 Å². The molecule has 0 aliphatic carbocycles. The van der Waals surface area contributed by atoms with Crippen molar-refractivity contribution in [2.45, 2.75) is 0 Å². The molecule has 23 heavy (non-hydrogen) atoms. The topological polar surface area (TPSA) is 18.5 Å². The number of hydrogen-bond acceptors (Lipinski definition) is 2. The van der Waals surface area contributed by atoms with E-state index >= 15 is 0 Å². The first kappa shape index (κ1) is 16.5. The maximum atomic E-state index is 6.19. The maximum Gasteiger partial charge on any atom is 0.135 e. The monoisotopic (exact) mass is 368 g/mol. The molecule has 0 saturated heterocycles. The highest BCUT2D eigenvalue weighted by Gasteiger charge is 2.16. The van der Waals surface area contributed by atoms with Crippen molar-refractivity contribution in [3.63, 3.8) is 0 Å². The summed E-state index contributed by atoms with van der Waals surface area (Å²) in [5.74, 6) is 2.41. The number of ether oxygens (including phenoxy) is 2. The Bertz CT molecular complexity index is 833. The van der Waals surface area contributed by atoms with Crippen LogP contribution >= 0.6 is 34.8 Å². The second kappa shape index (κ2) is 7.48. The van der Waals surface area contributed by atoms with Crippen LogP contribution in [0.4, 0.5) is 0 Å². The van der Waals surface area contributed by atoms with E-state index < -0.39 is 0 Å². The molecule has 0 aliphatic rings. The van der Waals surface area contributed by atoms with Crippen LogP contribution in [0.5, 0.6) is 11.5 Å². The molecule has 0 unspecified atom stereocenters. The van der Waals surface area contributed by atoms with Gasteiger partial charge in [0, 0.05) is 26.6 Å². The Labute approximate surface area is 149 Å². The molecule has 2 nitrogen and oxygen atoms in total. The zero-order valence-electron chi connectivity index (χ0n) is 12.3. The molecule has 5 heteroatoms. The third-order valence-corrected chi connectivity index (χ3v) is 4.08. The number of rotatable bonds is 6. The summed E-state index contributed by atoms with van der Waals surface area (Å²) in [6.45, 7) is 0.861. The average molecular weight is 370 g/mol. The van der Waals surface area contributed by atoms with Crippen LogP contribution in [0.15, 0.2) is 42.5 Å². The lowest BCUT2D eigenvalue weighted by atomic mass is 10.0. The first-order chi connectivity index (χ1) is 11.3. The van der Waals surface area contributed by atoms with Crippen LogP contribution in [0.2, 0.25) is 5.02 Å². The van der Waals surface area contributed by atoms with E-state index in [1.54, 1.807) is 0 Å². The van der Waals surface area contributed by atoms with Gasteiger partial charge in [0.15, 0.2) is 0 Å². The molecule has 0 N–H and O–H groups in total. The number of halogens is 3. The lowest BCUT2D eigenvalue weighted by Gasteiger charge is -2.17. The van der Waals surface area contributed by atoms with E-state index in [1.807, 2.05) is 42.5 Å². The van der Waals surface area contributed by atoms with Gasteiger partial charge in [0.2, 0.25) is 0 Å². The molecule has 120 valence electrons. The van der Waals surface area contributed by atoms with Crippen molar-refractivity contribution in [2.75, 3.05) is 25.0 Å². The molecule has 3 aromatic rings. The summed E-state index contributed by atoms with van der Waals surface area (Å²) in [4.78, 5) is 0. The first-order valence-electron chi connectivity index (χ1n) is 7.27. The fourth-order valence-electron chi connectivity index (χ4n) is 2.66. The van der Waals surface area contributed by atoms with Gasteiger partial charge in [-0.05, 0) is 18.2 Å². The van der Waals surface area contributed by atoms with E-state index in [0.29, 0.717) is 30.0 Å². The minimum Gasteiger partial charge on any atom is -0.491 e. The predicted molar refractivity (Wildman–Crippen MR) is 98.9 cm³/mol. The van der Waals surface area contributed by atoms with Gasteiger partial charge in [0.1, 0.15) is 24.7 Å². The van der Waals surface area contributed by atoms with Gasteiger partial charge >= 0.3 is 0 Å². The summed E-state index contributed by atoms with van der Waals surface area (Å²) < 4.78 is 11.8. The molecule has 0 aromatic heterocycles. The van der Waals surface area contributed by atoms with Crippen LogP contribution in [0.1, 0.15) is 0 Å². The van der Waals surface area contributed by atoms with Gasteiger partial charge in [-0.25, -0.2) is 0 Å². The second-order valence-electron chi connectivity index (χ2n) is 4.97. The standard InChI is InChI=1S/C18H15Cl3O2/c19-7-9-22-17-13-3-1-2-4-14(13)18(23-10-8-20)16-11-12(21)5-6-15(16)17/h1-6,11H,7-10H2. The Morgan fingerprint density at radius 1 is 0.696 bits per heavy atom. The van der Waals surface area contributed by atoms with Crippen LogP contribution in [0.25, 0.3) is 21.5 Å². The summed E-state index contributed by atoms with van der Waals surface area (Å²) >= 11 is 17.8. The number of benzene rings is 3. The van der Waals surface area contributed by atoms with E-state index in [2.05, 4.69) is 0 Å². The van der Waals surface area contributed by atoms with Crippen molar-refractivity contribution < 1.29 is 9.47 Å². The van der Waals surface area contributed by atoms with Gasteiger partial charge in [-0.3, -0.25) is 0 Å². The van der Waals surface area contributed by atoms with Crippen molar-refractivity contribution in [1.82, 2.24) is 0 Å². The van der Waals surface area contributed by atoms with Crippen molar-refractivity contribution in [1.29, 1.82) is 0 Å². The predicted octanol–water partition coefficient (Wildman–Crippen LogP) is 5.88. The smallest absolute Gasteiger partial charge is 0.135 e. The summed E-state index contributed by atoms with van der Waals surface area (Å²) in [6, 6.07) is 13.6. The Morgan fingerprint density at radius 3 is 1.78 bits per heavy atom. The number of hydrogen-bond donors (Lipinski definition) is 0. The van der Waals surface area contributed by atoms with Gasteiger partial charge in [-0.2, -0.15) is 0 Å². The quantitative estimate of drug-likeness (QED) is 0.399. The zero-order valence-corrected chi connectivity index (χ0v) is 14.6. The molecule has 0 atom stereocenters. The second-order valence-corrected chi connectivity index (χ2v) is 6.16. The van der Waals surface area contributed by atoms with E-state index in [0.717, 1.165) is 33.0 Å². The van der Waals surface area contributed by atoms with Gasteiger partial charge in [0.05, 0.1) is 11.8 Å². The van der Waals surface area contributed by atoms with Gasteiger partial charge in [-0.15, -0.1) is 23.2 Å². The Kier molecular flexibility index (Phi) is 5.37. The summed E-state index contributed by atoms with van der Waals surface area (Å²) in [6.07, 6.45) is 0. The van der Waals surface area contributed by atoms with Gasteiger partial charge in [0.25, 0.3) is 0 Å².